The van der Waals surface area contributed by atoms with E-state index in [1.165, 1.54) is 6.92 Å². The predicted molar refractivity (Wildman–Crippen MR) is 78.9 cm³/mol. The molecule has 12 nitrogen and oxygen atoms in total. The van der Waals surface area contributed by atoms with Crippen LogP contribution >= 0.6 is 0 Å². The van der Waals surface area contributed by atoms with E-state index in [0.717, 1.165) is 18.2 Å². The highest BCUT2D eigenvalue weighted by Gasteiger charge is 2.41. The topological polar surface area (TPSA) is 180 Å². The largest absolute Gasteiger partial charge is 0.388 e. The Balaban J connectivity index is 2.14. The molecule has 1 aromatic rings. The Kier molecular flexibility index (Phi) is 5.26. The van der Waals surface area contributed by atoms with Gasteiger partial charge in [-0.05, 0) is 13.0 Å². The Bertz CT molecular complexity index is 641. The maximum atomic E-state index is 11.0. The lowest BCUT2D eigenvalue weighted by Gasteiger charge is -2.39. The summed E-state index contributed by atoms with van der Waals surface area (Å²) in [5.41, 5.74) is 3.76. The lowest BCUT2D eigenvalue weighted by atomic mass is 9.99. The fraction of sp³-hybridized carbons (Fsp3) is 0.500. The second-order valence-corrected chi connectivity index (χ2v) is 5.22. The number of nitrogens with one attached hydrogen (secondary N) is 2. The number of benzene rings is 1. The molecule has 0 radical (unpaired) electrons. The minimum atomic E-state index is -1.50. The summed E-state index contributed by atoms with van der Waals surface area (Å²) in [7, 11) is 0. The van der Waals surface area contributed by atoms with Crippen LogP contribution in [0.15, 0.2) is 18.2 Å². The molecular weight excluding hydrogens is 328 g/mol. The molecule has 0 bridgehead atoms. The van der Waals surface area contributed by atoms with E-state index < -0.39 is 51.9 Å². The standard InChI is InChI=1S/C12H16N4O8/c1-5-9(17)10(18)11(19)12(24-5)14-13-7-3-2-6(15(20)21)4-8(7)16(22)23/h2-5,9-14,17-19H,1H3/t5-,9-,10+,11+,12+/m0/s1. The number of hydrogen-bond acceptors (Lipinski definition) is 10. The number of non-ortho nitro benzene ring substituents is 1. The van der Waals surface area contributed by atoms with Crippen molar-refractivity contribution in [2.75, 3.05) is 5.43 Å². The normalized spacial score (nSPS) is 29.9. The average molecular weight is 344 g/mol. The summed E-state index contributed by atoms with van der Waals surface area (Å²) in [5.74, 6) is 0. The Hall–Kier alpha value is -2.38. The first-order valence-electron chi connectivity index (χ1n) is 6.86. The molecule has 24 heavy (non-hydrogen) atoms. The van der Waals surface area contributed by atoms with Gasteiger partial charge in [0.2, 0.25) is 0 Å². The van der Waals surface area contributed by atoms with Crippen LogP contribution in [0.2, 0.25) is 0 Å². The van der Waals surface area contributed by atoms with Crippen LogP contribution in [0.5, 0.6) is 0 Å². The third-order valence-corrected chi connectivity index (χ3v) is 3.59. The summed E-state index contributed by atoms with van der Waals surface area (Å²) in [6.45, 7) is 1.47. The van der Waals surface area contributed by atoms with E-state index in [0.29, 0.717) is 0 Å². The van der Waals surface area contributed by atoms with E-state index >= 15 is 0 Å². The summed E-state index contributed by atoms with van der Waals surface area (Å²) in [4.78, 5) is 20.1. The quantitative estimate of drug-likeness (QED) is 0.336. The fourth-order valence-electron chi connectivity index (χ4n) is 2.21. The van der Waals surface area contributed by atoms with Gasteiger partial charge in [-0.25, -0.2) is 5.43 Å². The SMILES string of the molecule is C[C@@H]1O[C@@H](NNc2ccc([N+](=O)[O-])cc2[N+](=O)[O-])[C@H](O)[C@H](O)[C@H]1O. The third kappa shape index (κ3) is 3.58. The molecule has 0 aromatic heterocycles. The first-order valence-corrected chi connectivity index (χ1v) is 6.86. The fourth-order valence-corrected chi connectivity index (χ4v) is 2.21. The second kappa shape index (κ2) is 7.02. The van der Waals surface area contributed by atoms with Crippen molar-refractivity contribution in [1.82, 2.24) is 5.43 Å². The molecule has 0 unspecified atom stereocenters. The molecule has 0 saturated carbocycles. The van der Waals surface area contributed by atoms with Crippen molar-refractivity contribution in [3.8, 4) is 0 Å². The molecule has 1 aliphatic rings. The van der Waals surface area contributed by atoms with Gasteiger partial charge in [-0.15, -0.1) is 0 Å². The van der Waals surface area contributed by atoms with Gasteiger partial charge < -0.3 is 25.5 Å². The Morgan fingerprint density at radius 1 is 1.08 bits per heavy atom. The van der Waals surface area contributed by atoms with Crippen LogP contribution < -0.4 is 10.9 Å². The zero-order valence-corrected chi connectivity index (χ0v) is 12.4. The molecule has 1 aromatic carbocycles. The number of nitro benzene ring substituents is 2. The van der Waals surface area contributed by atoms with Gasteiger partial charge in [-0.3, -0.25) is 20.2 Å². The number of nitro groups is 2. The van der Waals surface area contributed by atoms with Crippen LogP contribution in [-0.4, -0.2) is 55.8 Å². The van der Waals surface area contributed by atoms with Crippen molar-refractivity contribution in [1.29, 1.82) is 0 Å². The Morgan fingerprint density at radius 3 is 2.33 bits per heavy atom. The summed E-state index contributed by atoms with van der Waals surface area (Å²) >= 11 is 0. The van der Waals surface area contributed by atoms with E-state index in [4.69, 9.17) is 4.74 Å². The molecule has 0 amide bonds. The molecule has 1 saturated heterocycles. The van der Waals surface area contributed by atoms with Gasteiger partial charge in [0.15, 0.2) is 6.23 Å². The molecule has 5 atom stereocenters. The maximum Gasteiger partial charge on any atom is 0.300 e. The number of rotatable bonds is 5. The van der Waals surface area contributed by atoms with Crippen LogP contribution in [-0.2, 0) is 4.74 Å². The van der Waals surface area contributed by atoms with Gasteiger partial charge in [0.05, 0.1) is 22.0 Å². The monoisotopic (exact) mass is 344 g/mol. The summed E-state index contributed by atoms with van der Waals surface area (Å²) in [5, 5.41) is 50.8. The Morgan fingerprint density at radius 2 is 1.75 bits per heavy atom. The van der Waals surface area contributed by atoms with Gasteiger partial charge in [-0.2, -0.15) is 0 Å². The highest BCUT2D eigenvalue weighted by atomic mass is 16.6. The summed E-state index contributed by atoms with van der Waals surface area (Å²) in [6, 6.07) is 2.97. The van der Waals surface area contributed by atoms with Crippen molar-refractivity contribution in [3.63, 3.8) is 0 Å². The smallest absolute Gasteiger partial charge is 0.300 e. The zero-order chi connectivity index (χ0) is 18.0. The van der Waals surface area contributed by atoms with Gasteiger partial charge in [0.25, 0.3) is 5.69 Å². The highest BCUT2D eigenvalue weighted by molar-refractivity contribution is 5.64. The average Bonchev–Trinajstić information content (AvgIpc) is 2.54. The molecule has 5 N–H and O–H groups in total. The molecule has 1 heterocycles. The molecule has 1 aliphatic heterocycles. The van der Waals surface area contributed by atoms with Crippen molar-refractivity contribution >= 4 is 17.1 Å². The van der Waals surface area contributed by atoms with Crippen LogP contribution in [0, 0.1) is 20.2 Å². The van der Waals surface area contributed by atoms with Crippen LogP contribution in [0.25, 0.3) is 0 Å². The van der Waals surface area contributed by atoms with E-state index in [1.54, 1.807) is 0 Å². The van der Waals surface area contributed by atoms with Crippen molar-refractivity contribution in [3.05, 3.63) is 38.4 Å². The molecule has 1 fully saturated rings. The number of hydrazine groups is 1. The third-order valence-electron chi connectivity index (χ3n) is 3.59. The zero-order valence-electron chi connectivity index (χ0n) is 12.4. The number of nitrogens with zero attached hydrogens (tertiary/aromatic N) is 2. The van der Waals surface area contributed by atoms with Gasteiger partial charge in [0, 0.05) is 6.07 Å². The number of hydrogen-bond donors (Lipinski definition) is 5. The highest BCUT2D eigenvalue weighted by Crippen LogP contribution is 2.29. The molecule has 0 spiro atoms. The van der Waals surface area contributed by atoms with Gasteiger partial charge in [-0.1, -0.05) is 0 Å². The minimum Gasteiger partial charge on any atom is -0.388 e. The second-order valence-electron chi connectivity index (χ2n) is 5.22. The summed E-state index contributed by atoms with van der Waals surface area (Å²) < 4.78 is 5.25. The number of aliphatic hydroxyl groups excluding tert-OH is 3. The number of anilines is 1. The number of ether oxygens (including phenoxy) is 1. The van der Waals surface area contributed by atoms with Crippen molar-refractivity contribution in [2.45, 2.75) is 37.6 Å². The minimum absolute atomic E-state index is 0.102. The number of aliphatic hydroxyl groups is 3. The maximum absolute atomic E-state index is 11.0. The summed E-state index contributed by atoms with van der Waals surface area (Å²) in [6.07, 6.45) is -6.23. The lowest BCUT2D eigenvalue weighted by molar-refractivity contribution is -0.393. The van der Waals surface area contributed by atoms with Crippen LogP contribution in [0.1, 0.15) is 6.92 Å². The van der Waals surface area contributed by atoms with Crippen molar-refractivity contribution < 1.29 is 29.9 Å². The molecule has 12 heteroatoms. The Labute approximate surface area is 134 Å². The van der Waals surface area contributed by atoms with E-state index in [2.05, 4.69) is 10.9 Å². The molecular formula is C12H16N4O8. The lowest BCUT2D eigenvalue weighted by Crippen LogP contribution is -2.61. The van der Waals surface area contributed by atoms with Gasteiger partial charge in [0.1, 0.15) is 24.0 Å². The van der Waals surface area contributed by atoms with E-state index in [-0.39, 0.29) is 5.69 Å². The molecule has 2 rings (SSSR count). The molecule has 132 valence electrons. The predicted octanol–water partition coefficient (Wildman–Crippen LogP) is -0.753. The van der Waals surface area contributed by atoms with E-state index in [9.17, 15) is 35.5 Å². The van der Waals surface area contributed by atoms with Crippen LogP contribution in [0.4, 0.5) is 17.1 Å². The van der Waals surface area contributed by atoms with Crippen LogP contribution in [0.3, 0.4) is 0 Å². The van der Waals surface area contributed by atoms with Crippen molar-refractivity contribution in [2.24, 2.45) is 0 Å². The molecule has 0 aliphatic carbocycles. The first kappa shape index (κ1) is 18.0. The van der Waals surface area contributed by atoms with E-state index in [1.807, 2.05) is 0 Å². The first-order chi connectivity index (χ1) is 11.2. The van der Waals surface area contributed by atoms with Gasteiger partial charge >= 0.3 is 5.69 Å².